The van der Waals surface area contributed by atoms with Gasteiger partial charge in [0.2, 0.25) is 20.0 Å². The van der Waals surface area contributed by atoms with Gasteiger partial charge in [-0.25, -0.2) is 26.7 Å². The van der Waals surface area contributed by atoms with Crippen molar-refractivity contribution in [3.8, 4) is 0 Å². The molecular formula is C12H18N2O5S2. The highest BCUT2D eigenvalue weighted by Gasteiger charge is 2.26. The Morgan fingerprint density at radius 2 is 1.76 bits per heavy atom. The van der Waals surface area contributed by atoms with Crippen LogP contribution in [0.4, 0.5) is 0 Å². The summed E-state index contributed by atoms with van der Waals surface area (Å²) in [5.74, 6) is 0.142. The highest BCUT2D eigenvalue weighted by Crippen LogP contribution is 2.19. The fraction of sp³-hybridized carbons (Fsp3) is 0.500. The number of sulfonamides is 2. The lowest BCUT2D eigenvalue weighted by Gasteiger charge is -2.19. The molecule has 0 aliphatic carbocycles. The Morgan fingerprint density at radius 3 is 2.24 bits per heavy atom. The van der Waals surface area contributed by atoms with Crippen LogP contribution in [-0.2, 0) is 24.8 Å². The van der Waals surface area contributed by atoms with Crippen molar-refractivity contribution in [3.63, 3.8) is 0 Å². The molecular weight excluding hydrogens is 316 g/mol. The third kappa shape index (κ3) is 4.01. The topological polar surface area (TPSA) is 116 Å². The highest BCUT2D eigenvalue weighted by atomic mass is 32.2. The first-order valence-corrected chi connectivity index (χ1v) is 9.46. The van der Waals surface area contributed by atoms with Gasteiger partial charge >= 0.3 is 0 Å². The molecule has 2 atom stereocenters. The molecule has 118 valence electrons. The smallest absolute Gasteiger partial charge is 0.240 e. The van der Waals surface area contributed by atoms with E-state index in [4.69, 9.17) is 9.88 Å². The van der Waals surface area contributed by atoms with Gasteiger partial charge in [0, 0.05) is 18.6 Å². The van der Waals surface area contributed by atoms with Gasteiger partial charge in [-0.05, 0) is 37.6 Å². The van der Waals surface area contributed by atoms with Crippen molar-refractivity contribution in [1.82, 2.24) is 4.72 Å². The fourth-order valence-electron chi connectivity index (χ4n) is 2.16. The van der Waals surface area contributed by atoms with Crippen LogP contribution in [0.5, 0.6) is 0 Å². The predicted octanol–water partition coefficient (Wildman–Crippen LogP) is 0.0373. The Labute approximate surface area is 124 Å². The molecule has 0 radical (unpaired) electrons. The fourth-order valence-corrected chi connectivity index (χ4v) is 3.99. The summed E-state index contributed by atoms with van der Waals surface area (Å²) < 4.78 is 54.6. The van der Waals surface area contributed by atoms with Crippen LogP contribution in [0.3, 0.4) is 0 Å². The molecule has 0 aromatic heterocycles. The van der Waals surface area contributed by atoms with Crippen molar-refractivity contribution in [1.29, 1.82) is 0 Å². The van der Waals surface area contributed by atoms with E-state index in [1.54, 1.807) is 6.92 Å². The maximum absolute atomic E-state index is 12.2. The van der Waals surface area contributed by atoms with Gasteiger partial charge in [0.25, 0.3) is 0 Å². The van der Waals surface area contributed by atoms with Gasteiger partial charge in [-0.2, -0.15) is 0 Å². The largest absolute Gasteiger partial charge is 0.381 e. The zero-order valence-corrected chi connectivity index (χ0v) is 13.2. The van der Waals surface area contributed by atoms with Gasteiger partial charge in [0.15, 0.2) is 0 Å². The molecule has 2 unspecified atom stereocenters. The van der Waals surface area contributed by atoms with Crippen molar-refractivity contribution in [3.05, 3.63) is 24.3 Å². The summed E-state index contributed by atoms with van der Waals surface area (Å²) in [6.45, 7) is 2.96. The predicted molar refractivity (Wildman–Crippen MR) is 76.5 cm³/mol. The number of nitrogens with two attached hydrogens (primary N) is 1. The molecule has 2 rings (SSSR count). The standard InChI is InChI=1S/C12H18N2O5S2/c1-9(10-6-7-19-8-10)14-21(17,18)12-4-2-11(3-5-12)20(13,15)16/h2-5,9-10,14H,6-8H2,1H3,(H2,13,15,16). The molecule has 1 aromatic rings. The highest BCUT2D eigenvalue weighted by molar-refractivity contribution is 7.89. The van der Waals surface area contributed by atoms with E-state index in [1.165, 1.54) is 24.3 Å². The summed E-state index contributed by atoms with van der Waals surface area (Å²) in [5, 5.41) is 4.97. The molecule has 0 amide bonds. The number of nitrogens with one attached hydrogen (secondary N) is 1. The van der Waals surface area contributed by atoms with Gasteiger partial charge in [0.1, 0.15) is 0 Å². The zero-order valence-electron chi connectivity index (χ0n) is 11.5. The monoisotopic (exact) mass is 334 g/mol. The first-order valence-electron chi connectivity index (χ1n) is 6.43. The van der Waals surface area contributed by atoms with Crippen LogP contribution in [0, 0.1) is 5.92 Å². The van der Waals surface area contributed by atoms with Crippen molar-refractivity contribution < 1.29 is 21.6 Å². The van der Waals surface area contributed by atoms with E-state index in [2.05, 4.69) is 4.72 Å². The maximum atomic E-state index is 12.2. The van der Waals surface area contributed by atoms with E-state index in [1.807, 2.05) is 0 Å². The lowest BCUT2D eigenvalue weighted by molar-refractivity contribution is 0.180. The average Bonchev–Trinajstić information content (AvgIpc) is 2.91. The van der Waals surface area contributed by atoms with Crippen molar-refractivity contribution in [2.45, 2.75) is 29.2 Å². The Morgan fingerprint density at radius 1 is 1.19 bits per heavy atom. The minimum atomic E-state index is -3.83. The van der Waals surface area contributed by atoms with Gasteiger partial charge in [-0.15, -0.1) is 0 Å². The number of ether oxygens (including phenoxy) is 1. The normalized spacial score (nSPS) is 21.3. The number of rotatable bonds is 5. The summed E-state index contributed by atoms with van der Waals surface area (Å²) in [6.07, 6.45) is 0.814. The van der Waals surface area contributed by atoms with E-state index in [9.17, 15) is 16.8 Å². The molecule has 1 saturated heterocycles. The molecule has 9 heteroatoms. The van der Waals surface area contributed by atoms with Gasteiger partial charge in [-0.1, -0.05) is 0 Å². The van der Waals surface area contributed by atoms with E-state index in [-0.39, 0.29) is 21.8 Å². The molecule has 0 saturated carbocycles. The Hall–Kier alpha value is -1.00. The third-order valence-corrected chi connectivity index (χ3v) is 5.98. The van der Waals surface area contributed by atoms with Gasteiger partial charge in [0.05, 0.1) is 16.4 Å². The molecule has 1 aliphatic heterocycles. The Kier molecular flexibility index (Phi) is 4.69. The molecule has 3 N–H and O–H groups in total. The molecule has 1 aliphatic rings. The number of hydrogen-bond acceptors (Lipinski definition) is 5. The number of hydrogen-bond donors (Lipinski definition) is 2. The summed E-state index contributed by atoms with van der Waals surface area (Å²) >= 11 is 0. The quantitative estimate of drug-likeness (QED) is 0.788. The van der Waals surface area contributed by atoms with E-state index >= 15 is 0 Å². The lowest BCUT2D eigenvalue weighted by atomic mass is 10.0. The van der Waals surface area contributed by atoms with E-state index < -0.39 is 20.0 Å². The minimum absolute atomic E-state index is 0.000616. The van der Waals surface area contributed by atoms with Crippen LogP contribution in [0.2, 0.25) is 0 Å². The van der Waals surface area contributed by atoms with Crippen LogP contribution >= 0.6 is 0 Å². The van der Waals surface area contributed by atoms with Gasteiger partial charge in [-0.3, -0.25) is 0 Å². The minimum Gasteiger partial charge on any atom is -0.381 e. The van der Waals surface area contributed by atoms with Crippen LogP contribution in [0.15, 0.2) is 34.1 Å². The van der Waals surface area contributed by atoms with E-state index in [0.717, 1.165) is 6.42 Å². The number of benzene rings is 1. The molecule has 1 aromatic carbocycles. The SMILES string of the molecule is CC(NS(=O)(=O)c1ccc(S(N)(=O)=O)cc1)C1CCOC1. The molecule has 1 heterocycles. The molecule has 0 bridgehead atoms. The second-order valence-electron chi connectivity index (χ2n) is 5.05. The Bertz CT molecular complexity index is 692. The van der Waals surface area contributed by atoms with Crippen molar-refractivity contribution in [2.75, 3.05) is 13.2 Å². The summed E-state index contributed by atoms with van der Waals surface area (Å²) in [7, 11) is -7.53. The van der Waals surface area contributed by atoms with Crippen molar-refractivity contribution in [2.24, 2.45) is 11.1 Å². The molecule has 0 spiro atoms. The first-order chi connectivity index (χ1) is 9.70. The number of primary sulfonamides is 1. The second kappa shape index (κ2) is 6.01. The van der Waals surface area contributed by atoms with Crippen LogP contribution < -0.4 is 9.86 Å². The lowest BCUT2D eigenvalue weighted by Crippen LogP contribution is -2.38. The third-order valence-electron chi connectivity index (χ3n) is 3.48. The van der Waals surface area contributed by atoms with Crippen LogP contribution in [0.25, 0.3) is 0 Å². The summed E-state index contributed by atoms with van der Waals surface area (Å²) in [6, 6.07) is 4.54. The second-order valence-corrected chi connectivity index (χ2v) is 8.33. The first kappa shape index (κ1) is 16.4. The Balaban J connectivity index is 2.15. The zero-order chi connectivity index (χ0) is 15.7. The average molecular weight is 334 g/mol. The van der Waals surface area contributed by atoms with Crippen LogP contribution in [0.1, 0.15) is 13.3 Å². The van der Waals surface area contributed by atoms with Crippen molar-refractivity contribution >= 4 is 20.0 Å². The summed E-state index contributed by atoms with van der Waals surface area (Å²) in [4.78, 5) is -0.126. The molecule has 7 nitrogen and oxygen atoms in total. The maximum Gasteiger partial charge on any atom is 0.240 e. The van der Waals surface area contributed by atoms with Crippen LogP contribution in [-0.4, -0.2) is 36.1 Å². The van der Waals surface area contributed by atoms with Gasteiger partial charge < -0.3 is 4.74 Å². The van der Waals surface area contributed by atoms with E-state index in [0.29, 0.717) is 13.2 Å². The summed E-state index contributed by atoms with van der Waals surface area (Å²) in [5.41, 5.74) is 0. The molecule has 1 fully saturated rings. The molecule has 21 heavy (non-hydrogen) atoms.